The van der Waals surface area contributed by atoms with Crippen LogP contribution in [0.4, 0.5) is 5.82 Å². The number of pyridine rings is 1. The molecule has 0 fully saturated rings. The molecule has 0 spiro atoms. The first-order chi connectivity index (χ1) is 8.62. The Morgan fingerprint density at radius 2 is 1.94 bits per heavy atom. The second kappa shape index (κ2) is 7.37. The van der Waals surface area contributed by atoms with Crippen molar-refractivity contribution in [2.45, 2.75) is 53.1 Å². The summed E-state index contributed by atoms with van der Waals surface area (Å²) in [5, 5.41) is 0. The Kier molecular flexibility index (Phi) is 6.13. The molecule has 0 atom stereocenters. The SMILES string of the molecule is CCC(CC)N(CC(C)C)c1cc(CN)ccn1. The summed E-state index contributed by atoms with van der Waals surface area (Å²) in [5.41, 5.74) is 6.87. The highest BCUT2D eigenvalue weighted by molar-refractivity contribution is 5.42. The Labute approximate surface area is 111 Å². The highest BCUT2D eigenvalue weighted by Crippen LogP contribution is 2.20. The molecule has 102 valence electrons. The number of nitrogens with two attached hydrogens (primary N) is 1. The number of hydrogen-bond acceptors (Lipinski definition) is 3. The molecule has 1 heterocycles. The molecular weight excluding hydrogens is 222 g/mol. The van der Waals surface area contributed by atoms with E-state index in [9.17, 15) is 0 Å². The monoisotopic (exact) mass is 249 g/mol. The standard InChI is InChI=1S/C15H27N3/c1-5-14(6-2)18(11-12(3)4)15-9-13(10-16)7-8-17-15/h7-9,12,14H,5-6,10-11,16H2,1-4H3. The van der Waals surface area contributed by atoms with Gasteiger partial charge in [0.05, 0.1) is 0 Å². The van der Waals surface area contributed by atoms with Gasteiger partial charge in [-0.15, -0.1) is 0 Å². The summed E-state index contributed by atoms with van der Waals surface area (Å²) in [5.74, 6) is 1.70. The predicted octanol–water partition coefficient (Wildman–Crippen LogP) is 3.19. The molecule has 0 amide bonds. The summed E-state index contributed by atoms with van der Waals surface area (Å²) < 4.78 is 0. The van der Waals surface area contributed by atoms with E-state index in [-0.39, 0.29) is 0 Å². The lowest BCUT2D eigenvalue weighted by atomic mass is 10.1. The topological polar surface area (TPSA) is 42.1 Å². The van der Waals surface area contributed by atoms with Gasteiger partial charge in [-0.25, -0.2) is 4.98 Å². The molecule has 0 aliphatic rings. The summed E-state index contributed by atoms with van der Waals surface area (Å²) in [6.45, 7) is 10.6. The van der Waals surface area contributed by atoms with Crippen molar-refractivity contribution >= 4 is 5.82 Å². The highest BCUT2D eigenvalue weighted by Gasteiger charge is 2.18. The van der Waals surface area contributed by atoms with Crippen LogP contribution in [-0.2, 0) is 6.54 Å². The maximum atomic E-state index is 5.71. The third-order valence-corrected chi connectivity index (χ3v) is 3.28. The summed E-state index contributed by atoms with van der Waals surface area (Å²) in [6, 6.07) is 4.68. The molecule has 0 aliphatic heterocycles. The first-order valence-corrected chi connectivity index (χ1v) is 7.03. The molecule has 0 saturated heterocycles. The summed E-state index contributed by atoms with van der Waals surface area (Å²) in [7, 11) is 0. The van der Waals surface area contributed by atoms with Crippen LogP contribution in [0.25, 0.3) is 0 Å². The second-order valence-corrected chi connectivity index (χ2v) is 5.24. The van der Waals surface area contributed by atoms with Crippen LogP contribution >= 0.6 is 0 Å². The summed E-state index contributed by atoms with van der Waals surface area (Å²) in [4.78, 5) is 6.96. The lowest BCUT2D eigenvalue weighted by Gasteiger charge is -2.33. The molecule has 1 aromatic rings. The Hall–Kier alpha value is -1.09. The molecular formula is C15H27N3. The van der Waals surface area contributed by atoms with Gasteiger partial charge in [-0.2, -0.15) is 0 Å². The molecule has 0 aliphatic carbocycles. The third-order valence-electron chi connectivity index (χ3n) is 3.28. The van der Waals surface area contributed by atoms with E-state index >= 15 is 0 Å². The van der Waals surface area contributed by atoms with Crippen LogP contribution in [0, 0.1) is 5.92 Å². The lowest BCUT2D eigenvalue weighted by molar-refractivity contribution is 0.503. The van der Waals surface area contributed by atoms with Gasteiger partial charge in [0, 0.05) is 25.3 Å². The van der Waals surface area contributed by atoms with E-state index in [0.29, 0.717) is 18.5 Å². The van der Waals surface area contributed by atoms with E-state index in [0.717, 1.165) is 30.8 Å². The van der Waals surface area contributed by atoms with Crippen molar-refractivity contribution in [3.8, 4) is 0 Å². The fourth-order valence-electron chi connectivity index (χ4n) is 2.30. The Balaban J connectivity index is 2.99. The molecule has 0 unspecified atom stereocenters. The van der Waals surface area contributed by atoms with Gasteiger partial charge in [0.25, 0.3) is 0 Å². The molecule has 3 heteroatoms. The molecule has 1 rings (SSSR count). The zero-order valence-corrected chi connectivity index (χ0v) is 12.2. The van der Waals surface area contributed by atoms with Crippen molar-refractivity contribution in [1.82, 2.24) is 4.98 Å². The van der Waals surface area contributed by atoms with Crippen molar-refractivity contribution in [2.24, 2.45) is 11.7 Å². The average Bonchev–Trinajstić information content (AvgIpc) is 2.38. The van der Waals surface area contributed by atoms with E-state index in [1.807, 2.05) is 12.3 Å². The van der Waals surface area contributed by atoms with E-state index < -0.39 is 0 Å². The molecule has 3 nitrogen and oxygen atoms in total. The van der Waals surface area contributed by atoms with Crippen molar-refractivity contribution in [3.63, 3.8) is 0 Å². The van der Waals surface area contributed by atoms with Gasteiger partial charge < -0.3 is 10.6 Å². The van der Waals surface area contributed by atoms with Gasteiger partial charge in [-0.05, 0) is 36.5 Å². The molecule has 1 aromatic heterocycles. The van der Waals surface area contributed by atoms with Gasteiger partial charge in [0.2, 0.25) is 0 Å². The van der Waals surface area contributed by atoms with E-state index in [2.05, 4.69) is 43.6 Å². The molecule has 2 N–H and O–H groups in total. The Morgan fingerprint density at radius 1 is 1.28 bits per heavy atom. The van der Waals surface area contributed by atoms with Gasteiger partial charge in [-0.3, -0.25) is 0 Å². The first kappa shape index (κ1) is 15.0. The number of aromatic nitrogens is 1. The fraction of sp³-hybridized carbons (Fsp3) is 0.667. The number of nitrogens with zero attached hydrogens (tertiary/aromatic N) is 2. The minimum Gasteiger partial charge on any atom is -0.353 e. The largest absolute Gasteiger partial charge is 0.353 e. The first-order valence-electron chi connectivity index (χ1n) is 7.03. The summed E-state index contributed by atoms with van der Waals surface area (Å²) in [6.07, 6.45) is 4.17. The van der Waals surface area contributed by atoms with Gasteiger partial charge >= 0.3 is 0 Å². The van der Waals surface area contributed by atoms with Gasteiger partial charge in [0.1, 0.15) is 5.82 Å². The molecule has 18 heavy (non-hydrogen) atoms. The smallest absolute Gasteiger partial charge is 0.129 e. The maximum Gasteiger partial charge on any atom is 0.129 e. The predicted molar refractivity (Wildman–Crippen MR) is 78.7 cm³/mol. The number of anilines is 1. The Bertz CT molecular complexity index is 345. The minimum atomic E-state index is 0.563. The molecule has 0 radical (unpaired) electrons. The zero-order chi connectivity index (χ0) is 13.5. The van der Waals surface area contributed by atoms with Crippen molar-refractivity contribution in [3.05, 3.63) is 23.9 Å². The van der Waals surface area contributed by atoms with Crippen LogP contribution in [0.15, 0.2) is 18.3 Å². The van der Waals surface area contributed by atoms with Crippen LogP contribution in [0.3, 0.4) is 0 Å². The van der Waals surface area contributed by atoms with Gasteiger partial charge in [-0.1, -0.05) is 27.7 Å². The highest BCUT2D eigenvalue weighted by atomic mass is 15.2. The average molecular weight is 249 g/mol. The molecule has 0 aromatic carbocycles. The normalized spacial score (nSPS) is 11.3. The zero-order valence-electron chi connectivity index (χ0n) is 12.2. The van der Waals surface area contributed by atoms with E-state index in [1.54, 1.807) is 0 Å². The number of hydrogen-bond donors (Lipinski definition) is 1. The quantitative estimate of drug-likeness (QED) is 0.807. The second-order valence-electron chi connectivity index (χ2n) is 5.24. The molecule has 0 bridgehead atoms. The number of rotatable bonds is 7. The van der Waals surface area contributed by atoms with Crippen LogP contribution < -0.4 is 10.6 Å². The van der Waals surface area contributed by atoms with Crippen LogP contribution in [-0.4, -0.2) is 17.6 Å². The van der Waals surface area contributed by atoms with Crippen LogP contribution in [0.5, 0.6) is 0 Å². The van der Waals surface area contributed by atoms with Crippen molar-refractivity contribution < 1.29 is 0 Å². The van der Waals surface area contributed by atoms with E-state index in [1.165, 1.54) is 0 Å². The Morgan fingerprint density at radius 3 is 2.44 bits per heavy atom. The van der Waals surface area contributed by atoms with Gasteiger partial charge in [0.15, 0.2) is 0 Å². The van der Waals surface area contributed by atoms with Crippen LogP contribution in [0.2, 0.25) is 0 Å². The third kappa shape index (κ3) is 3.98. The van der Waals surface area contributed by atoms with E-state index in [4.69, 9.17) is 5.73 Å². The summed E-state index contributed by atoms with van der Waals surface area (Å²) >= 11 is 0. The minimum absolute atomic E-state index is 0.563. The van der Waals surface area contributed by atoms with Crippen molar-refractivity contribution in [2.75, 3.05) is 11.4 Å². The maximum absolute atomic E-state index is 5.71. The van der Waals surface area contributed by atoms with Crippen molar-refractivity contribution in [1.29, 1.82) is 0 Å². The lowest BCUT2D eigenvalue weighted by Crippen LogP contribution is -2.38. The molecule has 0 saturated carbocycles. The fourth-order valence-corrected chi connectivity index (χ4v) is 2.30. The van der Waals surface area contributed by atoms with Crippen LogP contribution in [0.1, 0.15) is 46.1 Å².